The number of aliphatic hydroxyl groups is 1. The van der Waals surface area contributed by atoms with Crippen molar-refractivity contribution in [1.82, 2.24) is 19.7 Å². The van der Waals surface area contributed by atoms with E-state index in [0.29, 0.717) is 6.07 Å². The van der Waals surface area contributed by atoms with Crippen molar-refractivity contribution < 1.29 is 50.7 Å². The molecule has 1 N–H and O–H groups in total. The van der Waals surface area contributed by atoms with E-state index in [1.165, 1.54) is 35.8 Å². The van der Waals surface area contributed by atoms with Gasteiger partial charge in [-0.15, -0.1) is 4.68 Å². The van der Waals surface area contributed by atoms with Crippen LogP contribution in [0.4, 0.5) is 18.0 Å². The lowest BCUT2D eigenvalue weighted by Gasteiger charge is -2.32. The first-order chi connectivity index (χ1) is 21.2. The van der Waals surface area contributed by atoms with Gasteiger partial charge in [-0.1, -0.05) is 33.8 Å². The molecule has 3 rings (SSSR count). The molecular formula is C30H42F3N5O7P+. The molecule has 254 valence electrons. The molecule has 0 aliphatic heterocycles. The summed E-state index contributed by atoms with van der Waals surface area (Å²) in [6, 6.07) is 2.66. The summed E-state index contributed by atoms with van der Waals surface area (Å²) in [6.45, 7) is 13.1. The largest absolute Gasteiger partial charge is 0.511 e. The lowest BCUT2D eigenvalue weighted by atomic mass is 9.79. The summed E-state index contributed by atoms with van der Waals surface area (Å²) in [4.78, 5) is 19.9. The zero-order valence-electron chi connectivity index (χ0n) is 27.2. The van der Waals surface area contributed by atoms with Crippen LogP contribution in [-0.4, -0.2) is 56.0 Å². The number of aromatic nitrogens is 5. The molecule has 0 saturated carbocycles. The van der Waals surface area contributed by atoms with Gasteiger partial charge in [0.05, 0.1) is 30.3 Å². The molecule has 3 unspecified atom stereocenters. The number of halogens is 3. The highest BCUT2D eigenvalue weighted by Crippen LogP contribution is 2.55. The number of carbonyl (C=O) groups is 1. The number of hydrogen-bond acceptors (Lipinski definition) is 10. The van der Waals surface area contributed by atoms with Crippen molar-refractivity contribution in [2.75, 3.05) is 19.4 Å². The molecule has 0 bridgehead atoms. The molecule has 2 heterocycles. The highest BCUT2D eigenvalue weighted by molar-refractivity contribution is 7.53. The van der Waals surface area contributed by atoms with Crippen LogP contribution in [0.25, 0.3) is 0 Å². The summed E-state index contributed by atoms with van der Waals surface area (Å²) in [5.74, 6) is -3.88. The molecule has 46 heavy (non-hydrogen) atoms. The van der Waals surface area contributed by atoms with Crippen LogP contribution in [0.3, 0.4) is 0 Å². The molecular weight excluding hydrogens is 630 g/mol. The van der Waals surface area contributed by atoms with Gasteiger partial charge < -0.3 is 23.6 Å². The fraction of sp³-hybridized carbons (Fsp3) is 0.567. The van der Waals surface area contributed by atoms with Crippen LogP contribution in [0.15, 0.2) is 43.4 Å². The Morgan fingerprint density at radius 2 is 1.78 bits per heavy atom. The van der Waals surface area contributed by atoms with Gasteiger partial charge in [0.1, 0.15) is 36.7 Å². The van der Waals surface area contributed by atoms with E-state index < -0.39 is 61.1 Å². The van der Waals surface area contributed by atoms with E-state index in [4.69, 9.17) is 18.5 Å². The van der Waals surface area contributed by atoms with E-state index in [0.717, 1.165) is 24.7 Å². The molecule has 1 aromatic carbocycles. The van der Waals surface area contributed by atoms with Crippen molar-refractivity contribution in [3.05, 3.63) is 72.1 Å². The second-order valence-electron chi connectivity index (χ2n) is 13.1. The van der Waals surface area contributed by atoms with E-state index in [1.54, 1.807) is 20.8 Å². The number of benzene rings is 1. The van der Waals surface area contributed by atoms with Crippen molar-refractivity contribution in [1.29, 1.82) is 0 Å². The van der Waals surface area contributed by atoms with Crippen molar-refractivity contribution in [2.24, 2.45) is 5.41 Å². The molecule has 4 atom stereocenters. The maximum Gasteiger partial charge on any atom is 0.511 e. The van der Waals surface area contributed by atoms with Crippen molar-refractivity contribution in [3.8, 4) is 0 Å². The van der Waals surface area contributed by atoms with Gasteiger partial charge >= 0.3 is 13.8 Å². The summed E-state index contributed by atoms with van der Waals surface area (Å²) in [5, 5.41) is 16.0. The molecule has 12 nitrogen and oxygen atoms in total. The Balaban J connectivity index is 1.68. The van der Waals surface area contributed by atoms with Crippen molar-refractivity contribution in [2.45, 2.75) is 85.3 Å². The van der Waals surface area contributed by atoms with Crippen LogP contribution >= 0.6 is 7.60 Å². The average molecular weight is 673 g/mol. The maximum atomic E-state index is 15.0. The summed E-state index contributed by atoms with van der Waals surface area (Å²) < 4.78 is 80.9. The molecule has 2 aromatic heterocycles. The van der Waals surface area contributed by atoms with E-state index in [2.05, 4.69) is 15.1 Å². The zero-order valence-corrected chi connectivity index (χ0v) is 28.1. The quantitative estimate of drug-likeness (QED) is 0.102. The first-order valence-electron chi connectivity index (χ1n) is 14.6. The summed E-state index contributed by atoms with van der Waals surface area (Å²) in [5.41, 5.74) is -3.72. The zero-order chi connectivity index (χ0) is 34.5. The van der Waals surface area contributed by atoms with Gasteiger partial charge in [0.25, 0.3) is 6.33 Å². The summed E-state index contributed by atoms with van der Waals surface area (Å²) in [6.07, 6.45) is 2.81. The summed E-state index contributed by atoms with van der Waals surface area (Å²) in [7, 11) is -3.51. The second-order valence-corrected chi connectivity index (χ2v) is 15.1. The third-order valence-corrected chi connectivity index (χ3v) is 9.32. The molecule has 0 spiro atoms. The predicted octanol–water partition coefficient (Wildman–Crippen LogP) is 5.81. The first-order valence-corrected chi connectivity index (χ1v) is 16.3. The van der Waals surface area contributed by atoms with Gasteiger partial charge in [0.2, 0.25) is 12.6 Å². The van der Waals surface area contributed by atoms with E-state index in [1.807, 2.05) is 20.8 Å². The minimum absolute atomic E-state index is 0.162. The Hall–Kier alpha value is -3.39. The minimum Gasteiger partial charge on any atom is -0.432 e. The molecule has 0 aliphatic carbocycles. The van der Waals surface area contributed by atoms with Gasteiger partial charge in [-0.3, -0.25) is 4.57 Å². The number of carbonyl (C=O) groups excluding carboxylic acids is 1. The van der Waals surface area contributed by atoms with Gasteiger partial charge in [0.15, 0.2) is 5.82 Å². The lowest BCUT2D eigenvalue weighted by molar-refractivity contribution is -0.754. The van der Waals surface area contributed by atoms with Crippen LogP contribution in [0.2, 0.25) is 0 Å². The Labute approximate surface area is 266 Å². The molecule has 0 fully saturated rings. The SMILES string of the molecule is CC(OC(=O)OCCOP(=O)(CC(C)(C)C)OC(C)(C)C)[n+]1cnn(CC(O)(c2ccc(F)cc2F)[C@@H](C)c2ncncc2F)c1. The Morgan fingerprint density at radius 1 is 1.09 bits per heavy atom. The summed E-state index contributed by atoms with van der Waals surface area (Å²) >= 11 is 0. The standard InChI is InChI=1S/C30H42F3N5O7P/c1-20(26-25(33)14-34-17-35-26)30(40,23-10-9-22(31)13-24(23)32)15-38-19-37(18-36-38)21(2)44-27(39)42-11-12-43-46(41,16-28(3,4)5)45-29(6,7)8/h9-10,13-14,17-21,40H,11-12,15-16H2,1-8H3/q+1/t20-,21?,30?,46?/m0/s1. The maximum absolute atomic E-state index is 15.0. The van der Waals surface area contributed by atoms with Gasteiger partial charge in [-0.25, -0.2) is 27.9 Å². The van der Waals surface area contributed by atoms with Gasteiger partial charge in [-0.2, -0.15) is 4.57 Å². The fourth-order valence-corrected chi connectivity index (χ4v) is 7.21. The van der Waals surface area contributed by atoms with Crippen molar-refractivity contribution in [3.63, 3.8) is 0 Å². The van der Waals surface area contributed by atoms with Gasteiger partial charge in [-0.05, 0) is 32.3 Å². The monoisotopic (exact) mass is 672 g/mol. The third kappa shape index (κ3) is 10.3. The Bertz CT molecular complexity index is 1530. The van der Waals surface area contributed by atoms with Crippen LogP contribution in [0, 0.1) is 22.9 Å². The van der Waals surface area contributed by atoms with E-state index in [9.17, 15) is 27.6 Å². The predicted molar refractivity (Wildman–Crippen MR) is 159 cm³/mol. The molecule has 0 amide bonds. The molecule has 0 saturated heterocycles. The van der Waals surface area contributed by atoms with E-state index in [-0.39, 0.29) is 36.0 Å². The highest BCUT2D eigenvalue weighted by atomic mass is 31.2. The lowest BCUT2D eigenvalue weighted by Crippen LogP contribution is -2.41. The normalized spacial score (nSPS) is 16.3. The number of rotatable bonds is 13. The Morgan fingerprint density at radius 3 is 2.39 bits per heavy atom. The third-order valence-electron chi connectivity index (χ3n) is 6.58. The number of nitrogens with zero attached hydrogens (tertiary/aromatic N) is 5. The Kier molecular flexibility index (Phi) is 11.7. The van der Waals surface area contributed by atoms with Crippen LogP contribution in [-0.2, 0) is 35.2 Å². The molecule has 0 radical (unpaired) electrons. The first kappa shape index (κ1) is 37.1. The van der Waals surface area contributed by atoms with E-state index >= 15 is 0 Å². The molecule has 16 heteroatoms. The second kappa shape index (κ2) is 14.6. The minimum atomic E-state index is -3.51. The smallest absolute Gasteiger partial charge is 0.432 e. The number of ether oxygens (including phenoxy) is 2. The molecule has 0 aliphatic rings. The van der Waals surface area contributed by atoms with Crippen LogP contribution in [0.1, 0.15) is 78.8 Å². The van der Waals surface area contributed by atoms with Gasteiger partial charge in [0, 0.05) is 29.6 Å². The highest BCUT2D eigenvalue weighted by Gasteiger charge is 2.44. The molecule has 3 aromatic rings. The van der Waals surface area contributed by atoms with Crippen molar-refractivity contribution >= 4 is 13.8 Å². The van der Waals surface area contributed by atoms with Crippen LogP contribution < -0.4 is 4.57 Å². The fourth-order valence-electron chi connectivity index (χ4n) is 4.66. The topological polar surface area (TPSA) is 139 Å². The van der Waals surface area contributed by atoms with Crippen LogP contribution in [0.5, 0.6) is 0 Å². The number of hydrogen-bond donors (Lipinski definition) is 1. The average Bonchev–Trinajstić information content (AvgIpc) is 3.37.